The molecule has 0 amide bonds. The normalized spacial score (nSPS) is 18.9. The van der Waals surface area contributed by atoms with Crippen LogP contribution in [0.1, 0.15) is 25.7 Å². The molecule has 0 spiro atoms. The van der Waals surface area contributed by atoms with Gasteiger partial charge in [-0.1, -0.05) is 6.42 Å². The molecular formula is C9H13N3O2. The van der Waals surface area contributed by atoms with Crippen LogP contribution in [-0.4, -0.2) is 25.8 Å². The maximum Gasteiger partial charge on any atom is 0.309 e. The molecule has 1 aromatic rings. The molecule has 0 aromatic carbocycles. The van der Waals surface area contributed by atoms with E-state index < -0.39 is 11.4 Å². The Morgan fingerprint density at radius 2 is 2.36 bits per heavy atom. The molecule has 5 heteroatoms. The standard InChI is InChI=1S/C9H13N3O2/c13-8(14)9(2-1-3-9)4-5-12-7-10-6-11-12/h6-7H,1-5H2,(H,13,14). The van der Waals surface area contributed by atoms with Crippen molar-refractivity contribution in [1.82, 2.24) is 14.8 Å². The summed E-state index contributed by atoms with van der Waals surface area (Å²) in [6.07, 6.45) is 6.38. The Morgan fingerprint density at radius 1 is 1.57 bits per heavy atom. The van der Waals surface area contributed by atoms with Crippen molar-refractivity contribution in [2.45, 2.75) is 32.2 Å². The van der Waals surface area contributed by atoms with Crippen LogP contribution in [0.5, 0.6) is 0 Å². The molecule has 0 aliphatic heterocycles. The van der Waals surface area contributed by atoms with E-state index in [2.05, 4.69) is 10.1 Å². The Bertz CT molecular complexity index is 317. The number of hydrogen-bond donors (Lipinski definition) is 1. The fraction of sp³-hybridized carbons (Fsp3) is 0.667. The van der Waals surface area contributed by atoms with Crippen molar-refractivity contribution < 1.29 is 9.90 Å². The second kappa shape index (κ2) is 3.40. The van der Waals surface area contributed by atoms with Gasteiger partial charge in [0.2, 0.25) is 0 Å². The number of aryl methyl sites for hydroxylation is 1. The smallest absolute Gasteiger partial charge is 0.309 e. The molecule has 1 aliphatic rings. The van der Waals surface area contributed by atoms with Gasteiger partial charge in [0.15, 0.2) is 0 Å². The molecule has 0 unspecified atom stereocenters. The van der Waals surface area contributed by atoms with Gasteiger partial charge < -0.3 is 5.11 Å². The third-order valence-electron chi connectivity index (χ3n) is 3.05. The van der Waals surface area contributed by atoms with E-state index in [0.29, 0.717) is 13.0 Å². The van der Waals surface area contributed by atoms with Crippen LogP contribution in [0.15, 0.2) is 12.7 Å². The first-order valence-electron chi connectivity index (χ1n) is 4.79. The van der Waals surface area contributed by atoms with Gasteiger partial charge in [-0.25, -0.2) is 4.98 Å². The van der Waals surface area contributed by atoms with Crippen molar-refractivity contribution >= 4 is 5.97 Å². The Morgan fingerprint density at radius 3 is 2.79 bits per heavy atom. The summed E-state index contributed by atoms with van der Waals surface area (Å²) in [6.45, 7) is 0.645. The van der Waals surface area contributed by atoms with E-state index in [4.69, 9.17) is 5.11 Å². The molecule has 76 valence electrons. The van der Waals surface area contributed by atoms with E-state index in [0.717, 1.165) is 19.3 Å². The third-order valence-corrected chi connectivity index (χ3v) is 3.05. The van der Waals surface area contributed by atoms with Crippen LogP contribution in [0.2, 0.25) is 0 Å². The molecule has 0 saturated heterocycles. The van der Waals surface area contributed by atoms with Crippen LogP contribution in [0.3, 0.4) is 0 Å². The number of aromatic nitrogens is 3. The van der Waals surface area contributed by atoms with Gasteiger partial charge in [-0.2, -0.15) is 5.10 Å². The maximum absolute atomic E-state index is 11.0. The summed E-state index contributed by atoms with van der Waals surface area (Å²) in [5, 5.41) is 13.0. The van der Waals surface area contributed by atoms with Gasteiger partial charge in [-0.3, -0.25) is 9.48 Å². The highest BCUT2D eigenvalue weighted by Gasteiger charge is 2.43. The number of aliphatic carboxylic acids is 1. The maximum atomic E-state index is 11.0. The molecule has 1 aromatic heterocycles. The van der Waals surface area contributed by atoms with E-state index in [9.17, 15) is 4.79 Å². The third kappa shape index (κ3) is 1.49. The number of carboxylic acids is 1. The van der Waals surface area contributed by atoms with Gasteiger partial charge in [0.05, 0.1) is 5.41 Å². The quantitative estimate of drug-likeness (QED) is 0.775. The van der Waals surface area contributed by atoms with Crippen LogP contribution in [0.25, 0.3) is 0 Å². The Hall–Kier alpha value is -1.39. The minimum Gasteiger partial charge on any atom is -0.481 e. The van der Waals surface area contributed by atoms with Crippen molar-refractivity contribution in [3.05, 3.63) is 12.7 Å². The molecule has 1 saturated carbocycles. The molecule has 1 N–H and O–H groups in total. The van der Waals surface area contributed by atoms with Crippen molar-refractivity contribution in [3.63, 3.8) is 0 Å². The lowest BCUT2D eigenvalue weighted by molar-refractivity contribution is -0.155. The first-order chi connectivity index (χ1) is 6.73. The van der Waals surface area contributed by atoms with Gasteiger partial charge in [-0.05, 0) is 19.3 Å². The van der Waals surface area contributed by atoms with Crippen LogP contribution in [0.4, 0.5) is 0 Å². The number of nitrogens with zero attached hydrogens (tertiary/aromatic N) is 3. The highest BCUT2D eigenvalue weighted by molar-refractivity contribution is 5.75. The number of carbonyl (C=O) groups is 1. The average molecular weight is 195 g/mol. The van der Waals surface area contributed by atoms with E-state index >= 15 is 0 Å². The van der Waals surface area contributed by atoms with Gasteiger partial charge >= 0.3 is 5.97 Å². The summed E-state index contributed by atoms with van der Waals surface area (Å²) in [6, 6.07) is 0. The number of rotatable bonds is 4. The lowest BCUT2D eigenvalue weighted by Gasteiger charge is -2.37. The predicted molar refractivity (Wildman–Crippen MR) is 48.6 cm³/mol. The van der Waals surface area contributed by atoms with Crippen molar-refractivity contribution in [3.8, 4) is 0 Å². The lowest BCUT2D eigenvalue weighted by atomic mass is 9.67. The van der Waals surface area contributed by atoms with E-state index in [-0.39, 0.29) is 0 Å². The Kier molecular flexibility index (Phi) is 2.23. The summed E-state index contributed by atoms with van der Waals surface area (Å²) >= 11 is 0. The molecule has 1 aliphatic carbocycles. The predicted octanol–water partition coefficient (Wildman–Crippen LogP) is 0.923. The second-order valence-corrected chi connectivity index (χ2v) is 3.85. The van der Waals surface area contributed by atoms with Crippen molar-refractivity contribution in [1.29, 1.82) is 0 Å². The molecule has 2 rings (SSSR count). The SMILES string of the molecule is O=C(O)C1(CCn2cncn2)CCC1. The second-order valence-electron chi connectivity index (χ2n) is 3.85. The summed E-state index contributed by atoms with van der Waals surface area (Å²) < 4.78 is 1.68. The van der Waals surface area contributed by atoms with Gasteiger partial charge in [0.25, 0.3) is 0 Å². The lowest BCUT2D eigenvalue weighted by Crippen LogP contribution is -2.38. The fourth-order valence-corrected chi connectivity index (χ4v) is 1.85. The highest BCUT2D eigenvalue weighted by Crippen LogP contribution is 2.44. The van der Waals surface area contributed by atoms with Crippen molar-refractivity contribution in [2.24, 2.45) is 5.41 Å². The van der Waals surface area contributed by atoms with Crippen LogP contribution >= 0.6 is 0 Å². The van der Waals surface area contributed by atoms with Crippen LogP contribution < -0.4 is 0 Å². The van der Waals surface area contributed by atoms with Crippen molar-refractivity contribution in [2.75, 3.05) is 0 Å². The number of carboxylic acid groups (broad SMARTS) is 1. The van der Waals surface area contributed by atoms with E-state index in [1.54, 1.807) is 11.0 Å². The highest BCUT2D eigenvalue weighted by atomic mass is 16.4. The number of hydrogen-bond acceptors (Lipinski definition) is 3. The van der Waals surface area contributed by atoms with Gasteiger partial charge in [0, 0.05) is 6.54 Å². The summed E-state index contributed by atoms with van der Waals surface area (Å²) in [7, 11) is 0. The fourth-order valence-electron chi connectivity index (χ4n) is 1.85. The molecular weight excluding hydrogens is 182 g/mol. The zero-order valence-electron chi connectivity index (χ0n) is 7.89. The topological polar surface area (TPSA) is 68.0 Å². The minimum atomic E-state index is -0.663. The van der Waals surface area contributed by atoms with Gasteiger partial charge in [-0.15, -0.1) is 0 Å². The summed E-state index contributed by atoms with van der Waals surface area (Å²) in [5.41, 5.74) is -0.480. The first kappa shape index (κ1) is 9.18. The van der Waals surface area contributed by atoms with Crippen LogP contribution in [-0.2, 0) is 11.3 Å². The Labute approximate surface area is 81.8 Å². The molecule has 5 nitrogen and oxygen atoms in total. The summed E-state index contributed by atoms with van der Waals surface area (Å²) in [5.74, 6) is -0.663. The monoisotopic (exact) mass is 195 g/mol. The molecule has 0 bridgehead atoms. The van der Waals surface area contributed by atoms with Crippen LogP contribution in [0, 0.1) is 5.41 Å². The zero-order chi connectivity index (χ0) is 10.0. The Balaban J connectivity index is 1.93. The molecule has 1 fully saturated rings. The molecule has 0 atom stereocenters. The zero-order valence-corrected chi connectivity index (χ0v) is 7.89. The average Bonchev–Trinajstić information content (AvgIpc) is 2.53. The molecule has 14 heavy (non-hydrogen) atoms. The van der Waals surface area contributed by atoms with E-state index in [1.165, 1.54) is 6.33 Å². The first-order valence-corrected chi connectivity index (χ1v) is 4.79. The van der Waals surface area contributed by atoms with E-state index in [1.807, 2.05) is 0 Å². The largest absolute Gasteiger partial charge is 0.481 e. The molecule has 1 heterocycles. The molecule has 0 radical (unpaired) electrons. The minimum absolute atomic E-state index is 0.480. The van der Waals surface area contributed by atoms with Gasteiger partial charge in [0.1, 0.15) is 12.7 Å². The summed E-state index contributed by atoms with van der Waals surface area (Å²) in [4.78, 5) is 14.8.